The van der Waals surface area contributed by atoms with E-state index in [1.54, 1.807) is 11.1 Å². The molecule has 6 nitrogen and oxygen atoms in total. The summed E-state index contributed by atoms with van der Waals surface area (Å²) in [5.41, 5.74) is 3.45. The Morgan fingerprint density at radius 3 is 3.00 bits per heavy atom. The number of aliphatic hydroxyl groups is 1. The number of carbonyl (C=O) groups excluding carboxylic acids is 1. The summed E-state index contributed by atoms with van der Waals surface area (Å²) >= 11 is 0. The zero-order valence-electron chi connectivity index (χ0n) is 13.7. The van der Waals surface area contributed by atoms with Crippen molar-refractivity contribution in [1.82, 2.24) is 15.1 Å². The molecule has 1 aliphatic heterocycles. The van der Waals surface area contributed by atoms with Crippen LogP contribution in [0.1, 0.15) is 30.0 Å². The van der Waals surface area contributed by atoms with Gasteiger partial charge in [0.1, 0.15) is 0 Å². The second-order valence-corrected chi connectivity index (χ2v) is 6.68. The predicted molar refractivity (Wildman–Crippen MR) is 90.7 cm³/mol. The van der Waals surface area contributed by atoms with Gasteiger partial charge in [-0.3, -0.25) is 9.48 Å². The molecule has 0 spiro atoms. The van der Waals surface area contributed by atoms with E-state index in [0.29, 0.717) is 6.42 Å². The topological polar surface area (TPSA) is 70.4 Å². The number of aryl methyl sites for hydroxylation is 1. The fourth-order valence-electron chi connectivity index (χ4n) is 3.70. The number of benzene rings is 1. The lowest BCUT2D eigenvalue weighted by Crippen LogP contribution is -2.54. The molecule has 126 valence electrons. The van der Waals surface area contributed by atoms with Crippen molar-refractivity contribution in [3.63, 3.8) is 0 Å². The van der Waals surface area contributed by atoms with Crippen molar-refractivity contribution >= 4 is 11.6 Å². The third kappa shape index (κ3) is 2.61. The van der Waals surface area contributed by atoms with Crippen molar-refractivity contribution in [2.75, 3.05) is 11.9 Å². The number of hydrogen-bond donors (Lipinski definition) is 2. The van der Waals surface area contributed by atoms with Crippen LogP contribution < -0.4 is 10.2 Å². The van der Waals surface area contributed by atoms with E-state index < -0.39 is 0 Å². The second-order valence-electron chi connectivity index (χ2n) is 6.68. The molecule has 0 bridgehead atoms. The minimum absolute atomic E-state index is 0.00128. The van der Waals surface area contributed by atoms with Crippen LogP contribution in [0.25, 0.3) is 0 Å². The van der Waals surface area contributed by atoms with Crippen LogP contribution in [0.3, 0.4) is 0 Å². The van der Waals surface area contributed by atoms with Gasteiger partial charge < -0.3 is 15.3 Å². The summed E-state index contributed by atoms with van der Waals surface area (Å²) in [4.78, 5) is 13.5. The van der Waals surface area contributed by atoms with Gasteiger partial charge in [0.25, 0.3) is 0 Å². The molecule has 2 heterocycles. The third-order valence-electron chi connectivity index (χ3n) is 5.19. The third-order valence-corrected chi connectivity index (χ3v) is 5.19. The molecule has 2 aromatic rings. The maximum absolute atomic E-state index is 11.8. The van der Waals surface area contributed by atoms with Crippen LogP contribution in [0.15, 0.2) is 36.7 Å². The maximum Gasteiger partial charge on any atom is 0.227 e. The summed E-state index contributed by atoms with van der Waals surface area (Å²) in [5, 5.41) is 17.8. The van der Waals surface area contributed by atoms with E-state index in [4.69, 9.17) is 0 Å². The van der Waals surface area contributed by atoms with E-state index in [2.05, 4.69) is 22.5 Å². The van der Waals surface area contributed by atoms with Gasteiger partial charge in [-0.1, -0.05) is 12.1 Å². The molecule has 6 heteroatoms. The Morgan fingerprint density at radius 2 is 2.25 bits per heavy atom. The number of amides is 1. The Hall–Kier alpha value is -2.18. The molecule has 0 saturated heterocycles. The van der Waals surface area contributed by atoms with Crippen LogP contribution >= 0.6 is 0 Å². The lowest BCUT2D eigenvalue weighted by atomic mass is 9.83. The van der Waals surface area contributed by atoms with Gasteiger partial charge >= 0.3 is 0 Å². The van der Waals surface area contributed by atoms with Crippen LogP contribution in [0.2, 0.25) is 0 Å². The highest BCUT2D eigenvalue weighted by molar-refractivity contribution is 5.95. The lowest BCUT2D eigenvalue weighted by molar-refractivity contribution is -0.118. The van der Waals surface area contributed by atoms with E-state index in [0.717, 1.165) is 25.1 Å². The zero-order valence-corrected chi connectivity index (χ0v) is 13.7. The number of aromatic nitrogens is 2. The molecule has 2 N–H and O–H groups in total. The standard InChI is InChI=1S/C18H22N4O2/c1-21-15-5-3-12(9-13(15)4-6-17(21)24)11-19-14-10-16(23)18(14)22-8-2-7-20-22/h2-3,5,7-9,14,16,18-19,23H,4,6,10-11H2,1H3/t14-,16+,18+/m0/s1. The van der Waals surface area contributed by atoms with Gasteiger partial charge in [-0.2, -0.15) is 5.10 Å². The summed E-state index contributed by atoms with van der Waals surface area (Å²) in [5.74, 6) is 0.180. The first-order chi connectivity index (χ1) is 11.6. The van der Waals surface area contributed by atoms with Gasteiger partial charge in [0.05, 0.1) is 12.1 Å². The number of aliphatic hydroxyl groups excluding tert-OH is 1. The van der Waals surface area contributed by atoms with Crippen molar-refractivity contribution in [3.8, 4) is 0 Å². The number of carbonyl (C=O) groups is 1. The number of nitrogens with one attached hydrogen (secondary N) is 1. The summed E-state index contributed by atoms with van der Waals surface area (Å²) in [7, 11) is 1.84. The first kappa shape index (κ1) is 15.4. The van der Waals surface area contributed by atoms with Gasteiger partial charge in [-0.05, 0) is 36.1 Å². The minimum Gasteiger partial charge on any atom is -0.391 e. The van der Waals surface area contributed by atoms with Crippen molar-refractivity contribution in [3.05, 3.63) is 47.8 Å². The molecular weight excluding hydrogens is 304 g/mol. The van der Waals surface area contributed by atoms with Crippen LogP contribution in [-0.4, -0.2) is 40.0 Å². The van der Waals surface area contributed by atoms with Crippen molar-refractivity contribution in [2.45, 2.75) is 44.0 Å². The summed E-state index contributed by atoms with van der Waals surface area (Å²) in [6.07, 6.45) is 5.43. The minimum atomic E-state index is -0.342. The highest BCUT2D eigenvalue weighted by Gasteiger charge is 2.41. The molecular formula is C18H22N4O2. The van der Waals surface area contributed by atoms with Gasteiger partial charge in [0, 0.05) is 44.1 Å². The molecule has 2 aliphatic rings. The van der Waals surface area contributed by atoms with Crippen LogP contribution in [-0.2, 0) is 17.8 Å². The maximum atomic E-state index is 11.8. The van der Waals surface area contributed by atoms with E-state index >= 15 is 0 Å². The molecule has 3 atom stereocenters. The smallest absolute Gasteiger partial charge is 0.227 e. The molecule has 24 heavy (non-hydrogen) atoms. The Balaban J connectivity index is 1.43. The molecule has 1 aliphatic carbocycles. The largest absolute Gasteiger partial charge is 0.391 e. The second kappa shape index (κ2) is 6.03. The summed E-state index contributed by atoms with van der Waals surface area (Å²) in [6.45, 7) is 0.750. The first-order valence-corrected chi connectivity index (χ1v) is 8.42. The Morgan fingerprint density at radius 1 is 1.38 bits per heavy atom. The van der Waals surface area contributed by atoms with Crippen molar-refractivity contribution < 1.29 is 9.90 Å². The number of nitrogens with zero attached hydrogens (tertiary/aromatic N) is 3. The normalized spacial score (nSPS) is 26.2. The highest BCUT2D eigenvalue weighted by atomic mass is 16.3. The van der Waals surface area contributed by atoms with E-state index in [1.807, 2.05) is 30.1 Å². The molecule has 1 saturated carbocycles. The molecule has 1 fully saturated rings. The molecule has 1 aromatic heterocycles. The quantitative estimate of drug-likeness (QED) is 0.887. The fourth-order valence-corrected chi connectivity index (χ4v) is 3.70. The van der Waals surface area contributed by atoms with Gasteiger partial charge in [0.15, 0.2) is 0 Å². The number of rotatable bonds is 4. The first-order valence-electron chi connectivity index (χ1n) is 8.42. The Kier molecular flexibility index (Phi) is 3.86. The van der Waals surface area contributed by atoms with Gasteiger partial charge in [0.2, 0.25) is 5.91 Å². The lowest BCUT2D eigenvalue weighted by Gasteiger charge is -2.42. The predicted octanol–water partition coefficient (Wildman–Crippen LogP) is 1.26. The van der Waals surface area contributed by atoms with Crippen LogP contribution in [0, 0.1) is 0 Å². The summed E-state index contributed by atoms with van der Waals surface area (Å²) < 4.78 is 1.83. The van der Waals surface area contributed by atoms with Crippen LogP contribution in [0.4, 0.5) is 5.69 Å². The van der Waals surface area contributed by atoms with Gasteiger partial charge in [-0.15, -0.1) is 0 Å². The Bertz CT molecular complexity index is 743. The van der Waals surface area contributed by atoms with Crippen molar-refractivity contribution in [1.29, 1.82) is 0 Å². The zero-order chi connectivity index (χ0) is 16.7. The average Bonchev–Trinajstić information content (AvgIpc) is 3.08. The summed E-state index contributed by atoms with van der Waals surface area (Å²) in [6, 6.07) is 8.39. The average molecular weight is 326 g/mol. The van der Waals surface area contributed by atoms with Gasteiger partial charge in [-0.25, -0.2) is 0 Å². The number of hydrogen-bond acceptors (Lipinski definition) is 4. The van der Waals surface area contributed by atoms with Crippen molar-refractivity contribution in [2.24, 2.45) is 0 Å². The molecule has 4 rings (SSSR count). The van der Waals surface area contributed by atoms with E-state index in [1.165, 1.54) is 11.1 Å². The Labute approximate surface area is 141 Å². The fraction of sp³-hybridized carbons (Fsp3) is 0.444. The SMILES string of the molecule is CN1C(=O)CCc2cc(CN[C@H]3C[C@@H](O)[C@@H]3n3cccn3)ccc21. The van der Waals surface area contributed by atoms with Crippen LogP contribution in [0.5, 0.6) is 0 Å². The highest BCUT2D eigenvalue weighted by Crippen LogP contribution is 2.33. The molecule has 1 aromatic carbocycles. The number of anilines is 1. The molecule has 1 amide bonds. The van der Waals surface area contributed by atoms with E-state index in [-0.39, 0.29) is 24.1 Å². The number of fused-ring (bicyclic) bond motifs is 1. The monoisotopic (exact) mass is 326 g/mol. The van der Waals surface area contributed by atoms with E-state index in [9.17, 15) is 9.90 Å². The molecule has 0 radical (unpaired) electrons. The molecule has 0 unspecified atom stereocenters.